The summed E-state index contributed by atoms with van der Waals surface area (Å²) in [4.78, 5) is -0.918. The predicted octanol–water partition coefficient (Wildman–Crippen LogP) is 2.80. The monoisotopic (exact) mass is 516 g/mol. The zero-order chi connectivity index (χ0) is 24.3. The molecule has 4 rings (SSSR count). The number of ether oxygens (including phenoxy) is 2. The van der Waals surface area contributed by atoms with E-state index >= 15 is 0 Å². The summed E-state index contributed by atoms with van der Waals surface area (Å²) in [6.45, 7) is 0.968. The molecule has 186 valence electrons. The molecule has 0 bridgehead atoms. The number of fused-ring (bicyclic) bond motifs is 1. The molecule has 2 aromatic rings. The van der Waals surface area contributed by atoms with E-state index in [2.05, 4.69) is 9.44 Å². The summed E-state index contributed by atoms with van der Waals surface area (Å²) >= 11 is 0. The van der Waals surface area contributed by atoms with E-state index in [4.69, 9.17) is 9.47 Å². The Balaban J connectivity index is 1.33. The van der Waals surface area contributed by atoms with Crippen LogP contribution in [0, 0.1) is 23.5 Å². The molecule has 1 heterocycles. The molecule has 8 nitrogen and oxygen atoms in total. The van der Waals surface area contributed by atoms with Gasteiger partial charge in [0.05, 0.1) is 4.90 Å². The van der Waals surface area contributed by atoms with E-state index < -0.39 is 36.6 Å². The molecule has 2 N–H and O–H groups in total. The van der Waals surface area contributed by atoms with Gasteiger partial charge in [0.25, 0.3) is 0 Å². The lowest BCUT2D eigenvalue weighted by atomic mass is 9.81. The van der Waals surface area contributed by atoms with Crippen LogP contribution in [0.15, 0.2) is 46.2 Å². The molecular formula is C22H26F2N2O6S2. The standard InChI is InChI=1S/C22H26F2N2O6S2/c23-18-5-2-6-19(24)22(18)34(29,30)26-14-16-4-1-3-15(11-16)13-25-33(27,28)17-7-8-20-21(12-17)32-10-9-31-20/h2,5-8,12,15-16,25-26H,1,3-4,9-11,13-14H2/t15-,16+/m1/s1. The van der Waals surface area contributed by atoms with Crippen LogP contribution in [0.3, 0.4) is 0 Å². The van der Waals surface area contributed by atoms with Gasteiger partial charge in [-0.1, -0.05) is 12.5 Å². The van der Waals surface area contributed by atoms with Crippen LogP contribution in [0.5, 0.6) is 11.5 Å². The van der Waals surface area contributed by atoms with E-state index in [0.717, 1.165) is 37.5 Å². The second-order valence-electron chi connectivity index (χ2n) is 8.46. The third kappa shape index (κ3) is 5.68. The average Bonchev–Trinajstić information content (AvgIpc) is 2.81. The van der Waals surface area contributed by atoms with Gasteiger partial charge in [-0.2, -0.15) is 0 Å². The van der Waals surface area contributed by atoms with E-state index in [1.807, 2.05) is 0 Å². The highest BCUT2D eigenvalue weighted by molar-refractivity contribution is 7.89. The Bertz CT molecular complexity index is 1230. The summed E-state index contributed by atoms with van der Waals surface area (Å²) in [6, 6.07) is 7.32. The van der Waals surface area contributed by atoms with Crippen molar-refractivity contribution in [3.05, 3.63) is 48.0 Å². The minimum Gasteiger partial charge on any atom is -0.486 e. The van der Waals surface area contributed by atoms with Crippen molar-refractivity contribution in [1.29, 1.82) is 0 Å². The minimum absolute atomic E-state index is 0.000405. The van der Waals surface area contributed by atoms with Gasteiger partial charge >= 0.3 is 0 Å². The Morgan fingerprint density at radius 3 is 2.06 bits per heavy atom. The SMILES string of the molecule is O=S(=O)(NC[C@@H]1CCC[C@H](CNS(=O)(=O)c2c(F)cccc2F)C1)c1ccc2c(c1)OCCO2. The Hall–Kier alpha value is -2.28. The van der Waals surface area contributed by atoms with Gasteiger partial charge in [-0.15, -0.1) is 0 Å². The number of hydrogen-bond acceptors (Lipinski definition) is 6. The Morgan fingerprint density at radius 1 is 0.824 bits per heavy atom. The predicted molar refractivity (Wildman–Crippen MR) is 120 cm³/mol. The smallest absolute Gasteiger partial charge is 0.246 e. The topological polar surface area (TPSA) is 111 Å². The molecule has 1 aliphatic carbocycles. The molecule has 0 aromatic heterocycles. The summed E-state index contributed by atoms with van der Waals surface area (Å²) in [6.07, 6.45) is 2.88. The summed E-state index contributed by atoms with van der Waals surface area (Å²) in [5, 5.41) is 0. The molecule has 0 spiro atoms. The van der Waals surface area contributed by atoms with Gasteiger partial charge in [-0.25, -0.2) is 35.1 Å². The maximum atomic E-state index is 13.9. The highest BCUT2D eigenvalue weighted by atomic mass is 32.2. The highest BCUT2D eigenvalue weighted by Gasteiger charge is 2.28. The minimum atomic E-state index is -4.35. The summed E-state index contributed by atoms with van der Waals surface area (Å²) in [7, 11) is -8.12. The first-order chi connectivity index (χ1) is 16.2. The van der Waals surface area contributed by atoms with E-state index in [1.165, 1.54) is 12.1 Å². The molecule has 34 heavy (non-hydrogen) atoms. The number of benzene rings is 2. The van der Waals surface area contributed by atoms with E-state index in [-0.39, 0.29) is 29.8 Å². The van der Waals surface area contributed by atoms with Crippen molar-refractivity contribution in [1.82, 2.24) is 9.44 Å². The molecule has 1 fully saturated rings. The van der Waals surface area contributed by atoms with Crippen LogP contribution in [-0.4, -0.2) is 43.1 Å². The average molecular weight is 517 g/mol. The molecule has 1 aliphatic heterocycles. The first kappa shape index (κ1) is 24.8. The first-order valence-electron chi connectivity index (χ1n) is 11.0. The number of sulfonamides is 2. The second kappa shape index (κ2) is 10.1. The molecule has 12 heteroatoms. The quantitative estimate of drug-likeness (QED) is 0.558. The fourth-order valence-corrected chi connectivity index (χ4v) is 6.69. The molecule has 2 aromatic carbocycles. The number of nitrogens with one attached hydrogen (secondary N) is 2. The molecule has 1 saturated carbocycles. The highest BCUT2D eigenvalue weighted by Crippen LogP contribution is 2.33. The third-order valence-corrected chi connectivity index (χ3v) is 8.92. The van der Waals surface area contributed by atoms with Crippen molar-refractivity contribution in [2.75, 3.05) is 26.3 Å². The van der Waals surface area contributed by atoms with Crippen molar-refractivity contribution in [3.8, 4) is 11.5 Å². The number of hydrogen-bond donors (Lipinski definition) is 2. The summed E-state index contributed by atoms with van der Waals surface area (Å²) in [5.74, 6) is -1.50. The van der Waals surface area contributed by atoms with E-state index in [1.54, 1.807) is 6.07 Å². The molecule has 0 saturated heterocycles. The van der Waals surface area contributed by atoms with Gasteiger partial charge < -0.3 is 9.47 Å². The van der Waals surface area contributed by atoms with E-state index in [9.17, 15) is 25.6 Å². The molecule has 2 aliphatic rings. The van der Waals surface area contributed by atoms with Crippen molar-refractivity contribution < 1.29 is 35.1 Å². The molecular weight excluding hydrogens is 490 g/mol. The Morgan fingerprint density at radius 2 is 1.41 bits per heavy atom. The normalized spacial score (nSPS) is 20.8. The van der Waals surface area contributed by atoms with Crippen LogP contribution in [0.25, 0.3) is 0 Å². The maximum Gasteiger partial charge on any atom is 0.246 e. The van der Waals surface area contributed by atoms with Crippen LogP contribution >= 0.6 is 0 Å². The lowest BCUT2D eigenvalue weighted by molar-refractivity contribution is 0.171. The third-order valence-electron chi connectivity index (χ3n) is 6.03. The maximum absolute atomic E-state index is 13.9. The number of rotatable bonds is 8. The van der Waals surface area contributed by atoms with E-state index in [0.29, 0.717) is 31.1 Å². The lowest BCUT2D eigenvalue weighted by Crippen LogP contribution is -2.36. The van der Waals surface area contributed by atoms with Crippen molar-refractivity contribution in [2.45, 2.75) is 35.5 Å². The van der Waals surface area contributed by atoms with Crippen LogP contribution < -0.4 is 18.9 Å². The molecule has 0 radical (unpaired) electrons. The largest absolute Gasteiger partial charge is 0.486 e. The fraction of sp³-hybridized carbons (Fsp3) is 0.455. The fourth-order valence-electron chi connectivity index (χ4n) is 4.31. The van der Waals surface area contributed by atoms with Crippen LogP contribution in [0.1, 0.15) is 25.7 Å². The van der Waals surface area contributed by atoms with Crippen LogP contribution in [0.4, 0.5) is 8.78 Å². The molecule has 0 amide bonds. The van der Waals surface area contributed by atoms with Crippen molar-refractivity contribution in [3.63, 3.8) is 0 Å². The van der Waals surface area contributed by atoms with Crippen LogP contribution in [0.2, 0.25) is 0 Å². The van der Waals surface area contributed by atoms with Gasteiger partial charge in [0, 0.05) is 19.2 Å². The van der Waals surface area contributed by atoms with Crippen molar-refractivity contribution >= 4 is 20.0 Å². The summed E-state index contributed by atoms with van der Waals surface area (Å²) < 4.78 is 93.9. The Labute approximate surface area is 197 Å². The second-order valence-corrected chi connectivity index (χ2v) is 11.9. The zero-order valence-corrected chi connectivity index (χ0v) is 19.9. The lowest BCUT2D eigenvalue weighted by Gasteiger charge is -2.29. The van der Waals surface area contributed by atoms with Gasteiger partial charge in [-0.3, -0.25) is 0 Å². The van der Waals surface area contributed by atoms with Crippen molar-refractivity contribution in [2.24, 2.45) is 11.8 Å². The first-order valence-corrected chi connectivity index (χ1v) is 14.0. The van der Waals surface area contributed by atoms with Gasteiger partial charge in [0.1, 0.15) is 24.8 Å². The van der Waals surface area contributed by atoms with Gasteiger partial charge in [0.15, 0.2) is 16.4 Å². The van der Waals surface area contributed by atoms with Gasteiger partial charge in [-0.05, 0) is 55.4 Å². The van der Waals surface area contributed by atoms with Gasteiger partial charge in [0.2, 0.25) is 20.0 Å². The molecule has 0 unspecified atom stereocenters. The summed E-state index contributed by atoms with van der Waals surface area (Å²) in [5.41, 5.74) is 0. The van der Waals surface area contributed by atoms with Crippen LogP contribution in [-0.2, 0) is 20.0 Å². The Kier molecular flexibility index (Phi) is 7.41. The number of halogens is 2. The molecule has 2 atom stereocenters. The zero-order valence-electron chi connectivity index (χ0n) is 18.3.